The maximum absolute atomic E-state index is 13.2. The van der Waals surface area contributed by atoms with Crippen molar-refractivity contribution < 1.29 is 18.4 Å². The molecule has 4 saturated heterocycles. The zero-order valence-corrected chi connectivity index (χ0v) is 42.6. The monoisotopic (exact) mass is 933 g/mol. The molecule has 12 nitrogen and oxygen atoms in total. The van der Waals surface area contributed by atoms with Gasteiger partial charge < -0.3 is 29.3 Å². The summed E-state index contributed by atoms with van der Waals surface area (Å²) in [6.45, 7) is 26.7. The Kier molecular flexibility index (Phi) is 17.9. The number of nitrogens with one attached hydrogen (secondary N) is 2. The molecular weight excluding hydrogens is 849 g/mol. The van der Waals surface area contributed by atoms with E-state index in [1.165, 1.54) is 49.1 Å². The largest absolute Gasteiger partial charge is 0.441 e. The third-order valence-corrected chi connectivity index (χ3v) is 15.7. The third-order valence-electron chi connectivity index (χ3n) is 15.7. The van der Waals surface area contributed by atoms with Crippen molar-refractivity contribution in [1.82, 2.24) is 40.2 Å². The number of likely N-dealkylation sites (tertiary alicyclic amines) is 4. The quantitative estimate of drug-likeness (QED) is 0.113. The van der Waals surface area contributed by atoms with Crippen LogP contribution in [0, 0.1) is 49.4 Å². The van der Waals surface area contributed by atoms with Gasteiger partial charge in [-0.25, -0.2) is 9.97 Å². The lowest BCUT2D eigenvalue weighted by atomic mass is 9.86. The molecular formula is C56H84N8O4. The molecule has 1 aromatic carbocycles. The second kappa shape index (κ2) is 24.1. The topological polar surface area (TPSA) is 123 Å². The number of aromatic nitrogens is 2. The average Bonchev–Trinajstić information content (AvgIpc) is 3.88. The summed E-state index contributed by atoms with van der Waals surface area (Å²) < 4.78 is 12.3. The minimum Gasteiger partial charge on any atom is -0.441 e. The number of carbonyl (C=O) groups is 2. The van der Waals surface area contributed by atoms with E-state index in [9.17, 15) is 9.59 Å². The minimum absolute atomic E-state index is 0.0894. The SMILES string of the molecule is CC1=CCCC(c2nc(CN3CCC(C(=O)NCCCN4C[C@H](C)C[C@H](CCc5ccc(-c6nc(CN7CCC(C(=O)NCCCN8C[C@H](C)C[C@H](C)C8)CC7)c(C)o6)cc5)C4)CC3)c(C)o2)=C1. The molecule has 0 spiro atoms. The smallest absolute Gasteiger partial charge is 0.226 e. The number of allylic oxidation sites excluding steroid dienone is 4. The highest BCUT2D eigenvalue weighted by molar-refractivity contribution is 5.79. The Morgan fingerprint density at radius 3 is 1.74 bits per heavy atom. The predicted molar refractivity (Wildman–Crippen MR) is 272 cm³/mol. The minimum atomic E-state index is 0.0894. The summed E-state index contributed by atoms with van der Waals surface area (Å²) in [5, 5.41) is 6.53. The molecule has 4 fully saturated rings. The summed E-state index contributed by atoms with van der Waals surface area (Å²) in [4.78, 5) is 46.1. The number of oxazole rings is 2. The highest BCUT2D eigenvalue weighted by Gasteiger charge is 2.29. The standard InChI is InChI=1S/C56H84N8O4/c1-39-10-7-11-50(32-39)56-60-52(44(6)68-56)38-62-28-20-48(21-29-62)54(66)58-23-9-25-64-35-42(4)31-46(36-64)13-12-45-14-16-49(17-15-45)55-59-51(43(5)67-55)37-61-26-18-47(19-27-61)53(65)57-22-8-24-63-33-40(2)30-41(3)34-63/h10,14-17,32,40-42,46-48H,7-9,11-13,18-31,33-38H2,1-6H3,(H,57,65)(H,58,66)/t40-,41+,42-,46+/m1/s1. The van der Waals surface area contributed by atoms with Gasteiger partial charge in [-0.2, -0.15) is 0 Å². The average molecular weight is 933 g/mol. The first kappa shape index (κ1) is 50.3. The van der Waals surface area contributed by atoms with Crippen molar-refractivity contribution in [2.75, 3.05) is 78.5 Å². The van der Waals surface area contributed by atoms with Crippen molar-refractivity contribution in [3.8, 4) is 11.5 Å². The summed E-state index contributed by atoms with van der Waals surface area (Å²) in [7, 11) is 0. The number of rotatable bonds is 19. The van der Waals surface area contributed by atoms with Crippen molar-refractivity contribution in [3.63, 3.8) is 0 Å². The van der Waals surface area contributed by atoms with Crippen molar-refractivity contribution in [3.05, 3.63) is 76.4 Å². The van der Waals surface area contributed by atoms with E-state index in [0.717, 1.165) is 183 Å². The Bertz CT molecular complexity index is 2150. The van der Waals surface area contributed by atoms with E-state index in [0.29, 0.717) is 17.7 Å². The molecule has 4 aliphatic heterocycles. The zero-order chi connectivity index (χ0) is 47.6. The van der Waals surface area contributed by atoms with Crippen LogP contribution in [0.1, 0.15) is 133 Å². The van der Waals surface area contributed by atoms with Crippen molar-refractivity contribution in [2.45, 2.75) is 132 Å². The van der Waals surface area contributed by atoms with Crippen LogP contribution in [-0.4, -0.2) is 120 Å². The number of hydrogen-bond donors (Lipinski definition) is 2. The summed E-state index contributed by atoms with van der Waals surface area (Å²) in [5.74, 6) is 6.78. The maximum Gasteiger partial charge on any atom is 0.226 e. The van der Waals surface area contributed by atoms with E-state index in [2.05, 4.69) is 94.3 Å². The lowest BCUT2D eigenvalue weighted by Crippen LogP contribution is -2.42. The van der Waals surface area contributed by atoms with Crippen molar-refractivity contribution >= 4 is 17.4 Å². The number of aryl methyl sites for hydroxylation is 3. The Hall–Kier alpha value is -4.10. The molecule has 0 unspecified atom stereocenters. The molecule has 4 atom stereocenters. The molecule has 0 bridgehead atoms. The first-order valence-corrected chi connectivity index (χ1v) is 26.7. The Balaban J connectivity index is 0.691. The fraction of sp³-hybridized carbons (Fsp3) is 0.679. The third kappa shape index (κ3) is 14.3. The molecule has 12 heteroatoms. The molecule has 0 radical (unpaired) electrons. The van der Waals surface area contributed by atoms with Crippen LogP contribution in [-0.2, 0) is 29.1 Å². The van der Waals surface area contributed by atoms with Crippen LogP contribution >= 0.6 is 0 Å². The van der Waals surface area contributed by atoms with Crippen LogP contribution in [0.25, 0.3) is 17.0 Å². The van der Waals surface area contributed by atoms with Gasteiger partial charge >= 0.3 is 0 Å². The summed E-state index contributed by atoms with van der Waals surface area (Å²) in [6.07, 6.45) is 16.9. The number of hydrogen-bond acceptors (Lipinski definition) is 10. The fourth-order valence-corrected chi connectivity index (χ4v) is 12.0. The van der Waals surface area contributed by atoms with E-state index >= 15 is 0 Å². The number of piperidine rings is 4. The number of benzene rings is 1. The van der Waals surface area contributed by atoms with Gasteiger partial charge in [0.2, 0.25) is 23.6 Å². The van der Waals surface area contributed by atoms with E-state index in [-0.39, 0.29) is 23.7 Å². The van der Waals surface area contributed by atoms with Crippen molar-refractivity contribution in [1.29, 1.82) is 0 Å². The van der Waals surface area contributed by atoms with Gasteiger partial charge in [0.15, 0.2) is 0 Å². The van der Waals surface area contributed by atoms with E-state index in [4.69, 9.17) is 18.8 Å². The second-order valence-corrected chi connectivity index (χ2v) is 22.0. The van der Waals surface area contributed by atoms with Crippen LogP contribution in [0.15, 0.2) is 50.8 Å². The number of amides is 2. The second-order valence-electron chi connectivity index (χ2n) is 22.0. The molecule has 3 aromatic rings. The van der Waals surface area contributed by atoms with E-state index in [1.54, 1.807) is 0 Å². The number of carbonyl (C=O) groups excluding carboxylic acids is 2. The Morgan fingerprint density at radius 2 is 1.18 bits per heavy atom. The van der Waals surface area contributed by atoms with Crippen LogP contribution in [0.4, 0.5) is 0 Å². The molecule has 2 amide bonds. The highest BCUT2D eigenvalue weighted by Crippen LogP contribution is 2.31. The van der Waals surface area contributed by atoms with Crippen LogP contribution in [0.3, 0.4) is 0 Å². The van der Waals surface area contributed by atoms with Crippen LogP contribution in [0.5, 0.6) is 0 Å². The van der Waals surface area contributed by atoms with Gasteiger partial charge in [-0.05, 0) is 178 Å². The molecule has 68 heavy (non-hydrogen) atoms. The molecule has 2 aromatic heterocycles. The number of nitrogens with zero attached hydrogens (tertiary/aromatic N) is 6. The first-order valence-electron chi connectivity index (χ1n) is 26.7. The van der Waals surface area contributed by atoms with Gasteiger partial charge in [-0.15, -0.1) is 0 Å². The predicted octanol–water partition coefficient (Wildman–Crippen LogP) is 9.08. The van der Waals surface area contributed by atoms with Crippen LogP contribution < -0.4 is 10.6 Å². The molecule has 0 saturated carbocycles. The Labute approximate surface area is 408 Å². The highest BCUT2D eigenvalue weighted by atomic mass is 16.4. The summed E-state index contributed by atoms with van der Waals surface area (Å²) in [6, 6.07) is 8.83. The maximum atomic E-state index is 13.2. The zero-order valence-electron chi connectivity index (χ0n) is 42.6. The fourth-order valence-electron chi connectivity index (χ4n) is 12.0. The van der Waals surface area contributed by atoms with Gasteiger partial charge in [-0.1, -0.05) is 50.6 Å². The normalized spacial score (nSPS) is 24.2. The van der Waals surface area contributed by atoms with Crippen LogP contribution in [0.2, 0.25) is 0 Å². The van der Waals surface area contributed by atoms with E-state index in [1.807, 2.05) is 13.8 Å². The van der Waals surface area contributed by atoms with Crippen molar-refractivity contribution in [2.24, 2.45) is 35.5 Å². The molecule has 372 valence electrons. The van der Waals surface area contributed by atoms with Gasteiger partial charge in [0.05, 0.1) is 11.4 Å². The lowest BCUT2D eigenvalue weighted by molar-refractivity contribution is -0.127. The summed E-state index contributed by atoms with van der Waals surface area (Å²) in [5.41, 5.74) is 6.86. The van der Waals surface area contributed by atoms with Gasteiger partial charge in [0.25, 0.3) is 0 Å². The van der Waals surface area contributed by atoms with Gasteiger partial charge in [0, 0.05) is 75.3 Å². The van der Waals surface area contributed by atoms with E-state index < -0.39 is 0 Å². The summed E-state index contributed by atoms with van der Waals surface area (Å²) >= 11 is 0. The molecule has 1 aliphatic carbocycles. The van der Waals surface area contributed by atoms with Gasteiger partial charge in [-0.3, -0.25) is 19.4 Å². The first-order chi connectivity index (χ1) is 32.9. The molecule has 5 aliphatic rings. The molecule has 6 heterocycles. The molecule has 2 N–H and O–H groups in total. The lowest BCUT2D eigenvalue weighted by Gasteiger charge is -2.36. The van der Waals surface area contributed by atoms with Gasteiger partial charge in [0.1, 0.15) is 11.5 Å². The molecule has 8 rings (SSSR count). The Morgan fingerprint density at radius 1 is 0.662 bits per heavy atom.